The van der Waals surface area contributed by atoms with Crippen LogP contribution in [0.2, 0.25) is 5.02 Å². The molecule has 0 aliphatic carbocycles. The zero-order valence-corrected chi connectivity index (χ0v) is 16.8. The molecule has 9 heteroatoms. The van der Waals surface area contributed by atoms with Crippen LogP contribution in [0.15, 0.2) is 34.2 Å². The average Bonchev–Trinajstić information content (AvgIpc) is 2.66. The SMILES string of the molecule is Cc1cnc(COc2cc(C)n(C3=CC(C(=O)O)=NC[C@@H]3C)c(=O)c2Cl)c(F)c1. The van der Waals surface area contributed by atoms with Crippen molar-refractivity contribution in [3.05, 3.63) is 62.6 Å². The fourth-order valence-corrected chi connectivity index (χ4v) is 3.19. The number of hydrogen-bond donors (Lipinski definition) is 1. The van der Waals surface area contributed by atoms with Crippen molar-refractivity contribution < 1.29 is 19.0 Å². The van der Waals surface area contributed by atoms with Gasteiger partial charge < -0.3 is 9.84 Å². The molecule has 0 saturated heterocycles. The minimum atomic E-state index is -1.17. The number of ether oxygens (including phenoxy) is 1. The number of hydrogen-bond acceptors (Lipinski definition) is 5. The van der Waals surface area contributed by atoms with E-state index in [1.54, 1.807) is 19.9 Å². The maximum atomic E-state index is 14.0. The summed E-state index contributed by atoms with van der Waals surface area (Å²) >= 11 is 6.22. The predicted octanol–water partition coefficient (Wildman–Crippen LogP) is 3.25. The summed E-state index contributed by atoms with van der Waals surface area (Å²) in [5, 5.41) is 9.01. The Hall–Kier alpha value is -3.00. The quantitative estimate of drug-likeness (QED) is 0.802. The number of halogens is 2. The van der Waals surface area contributed by atoms with Crippen molar-refractivity contribution >= 4 is 29.0 Å². The lowest BCUT2D eigenvalue weighted by Gasteiger charge is -2.23. The molecule has 0 radical (unpaired) electrons. The minimum Gasteiger partial charge on any atom is -0.485 e. The third kappa shape index (κ3) is 4.22. The molecule has 29 heavy (non-hydrogen) atoms. The molecule has 2 aromatic heterocycles. The highest BCUT2D eigenvalue weighted by molar-refractivity contribution is 6.41. The number of dihydropyridines is 1. The van der Waals surface area contributed by atoms with Gasteiger partial charge in [-0.05, 0) is 31.6 Å². The molecule has 2 aromatic rings. The number of aliphatic imine (C=N–C) groups is 1. The van der Waals surface area contributed by atoms with E-state index in [9.17, 15) is 19.1 Å². The van der Waals surface area contributed by atoms with Crippen LogP contribution in [0.1, 0.15) is 23.9 Å². The Morgan fingerprint density at radius 2 is 2.14 bits per heavy atom. The van der Waals surface area contributed by atoms with Crippen LogP contribution in [0.5, 0.6) is 5.75 Å². The molecule has 0 saturated carbocycles. The number of carboxylic acids is 1. The summed E-state index contributed by atoms with van der Waals surface area (Å²) in [6.45, 7) is 5.29. The number of aryl methyl sites for hydroxylation is 2. The lowest BCUT2D eigenvalue weighted by atomic mass is 10.0. The Bertz CT molecular complexity index is 1110. The molecule has 3 rings (SSSR count). The van der Waals surface area contributed by atoms with Crippen molar-refractivity contribution in [1.82, 2.24) is 9.55 Å². The molecule has 1 aliphatic heterocycles. The summed E-state index contributed by atoms with van der Waals surface area (Å²) in [5.74, 6) is -1.75. The molecular weight excluding hydrogens is 401 g/mol. The second kappa shape index (κ2) is 8.16. The topological polar surface area (TPSA) is 93.8 Å². The minimum absolute atomic E-state index is 0.0967. The van der Waals surface area contributed by atoms with Crippen LogP contribution < -0.4 is 10.3 Å². The number of carbonyl (C=O) groups is 1. The average molecular weight is 420 g/mol. The second-order valence-electron chi connectivity index (χ2n) is 6.84. The van der Waals surface area contributed by atoms with E-state index in [1.165, 1.54) is 22.9 Å². The monoisotopic (exact) mass is 419 g/mol. The zero-order valence-electron chi connectivity index (χ0n) is 16.1. The van der Waals surface area contributed by atoms with E-state index in [0.717, 1.165) is 0 Å². The van der Waals surface area contributed by atoms with Crippen molar-refractivity contribution in [1.29, 1.82) is 0 Å². The number of pyridine rings is 2. The van der Waals surface area contributed by atoms with Crippen LogP contribution in [0, 0.1) is 25.6 Å². The van der Waals surface area contributed by atoms with Crippen molar-refractivity contribution in [3.8, 4) is 5.75 Å². The molecule has 0 amide bonds. The first-order valence-electron chi connectivity index (χ1n) is 8.84. The molecule has 1 atom stereocenters. The zero-order chi connectivity index (χ0) is 21.3. The van der Waals surface area contributed by atoms with Crippen molar-refractivity contribution in [2.24, 2.45) is 10.9 Å². The van der Waals surface area contributed by atoms with Gasteiger partial charge in [-0.15, -0.1) is 0 Å². The van der Waals surface area contributed by atoms with Crippen LogP contribution in [0.3, 0.4) is 0 Å². The van der Waals surface area contributed by atoms with Gasteiger partial charge in [-0.25, -0.2) is 9.18 Å². The van der Waals surface area contributed by atoms with Crippen LogP contribution in [-0.4, -0.2) is 32.9 Å². The van der Waals surface area contributed by atoms with Gasteiger partial charge in [0.25, 0.3) is 5.56 Å². The van der Waals surface area contributed by atoms with Crippen LogP contribution in [0.4, 0.5) is 4.39 Å². The normalized spacial score (nSPS) is 16.2. The smallest absolute Gasteiger partial charge is 0.354 e. The first-order valence-corrected chi connectivity index (χ1v) is 9.22. The Morgan fingerprint density at radius 1 is 1.41 bits per heavy atom. The van der Waals surface area contributed by atoms with Crippen LogP contribution in [-0.2, 0) is 11.4 Å². The van der Waals surface area contributed by atoms with Gasteiger partial charge in [0.15, 0.2) is 0 Å². The molecule has 0 bridgehead atoms. The highest BCUT2D eigenvalue weighted by Gasteiger charge is 2.24. The molecule has 0 aromatic carbocycles. The van der Waals surface area contributed by atoms with Crippen LogP contribution in [0.25, 0.3) is 5.70 Å². The fourth-order valence-electron chi connectivity index (χ4n) is 2.99. The standard InChI is InChI=1S/C20H19ClFN3O4/c1-10-4-13(22)15(23-7-10)9-29-17-5-12(3)25(19(26)18(17)21)16-6-14(20(27)28)24-8-11(16)2/h4-7,11H,8-9H2,1-3H3,(H,27,28)/t11-/m0/s1. The number of aromatic nitrogens is 2. The van der Waals surface area contributed by atoms with E-state index in [1.807, 2.05) is 6.92 Å². The maximum Gasteiger partial charge on any atom is 0.354 e. The largest absolute Gasteiger partial charge is 0.485 e. The third-order valence-electron chi connectivity index (χ3n) is 4.52. The number of carboxylic acid groups (broad SMARTS) is 1. The van der Waals surface area contributed by atoms with Gasteiger partial charge in [-0.2, -0.15) is 0 Å². The molecule has 0 fully saturated rings. The van der Waals surface area contributed by atoms with Gasteiger partial charge in [0.2, 0.25) is 0 Å². The lowest BCUT2D eigenvalue weighted by molar-refractivity contribution is -0.129. The number of nitrogens with zero attached hydrogens (tertiary/aromatic N) is 3. The molecule has 0 spiro atoms. The molecule has 1 aliphatic rings. The summed E-state index contributed by atoms with van der Waals surface area (Å²) < 4.78 is 20.9. The first-order chi connectivity index (χ1) is 13.7. The number of aliphatic carboxylic acids is 1. The Kier molecular flexibility index (Phi) is 5.83. The molecular formula is C20H19ClFN3O4. The van der Waals surface area contributed by atoms with E-state index in [4.69, 9.17) is 16.3 Å². The van der Waals surface area contributed by atoms with Crippen LogP contribution >= 0.6 is 11.6 Å². The summed E-state index contributed by atoms with van der Waals surface area (Å²) in [5.41, 5.74) is 1.09. The van der Waals surface area contributed by atoms with Gasteiger partial charge in [0, 0.05) is 36.1 Å². The summed E-state index contributed by atoms with van der Waals surface area (Å²) in [4.78, 5) is 32.1. The maximum absolute atomic E-state index is 14.0. The van der Waals surface area contributed by atoms with Gasteiger partial charge in [-0.3, -0.25) is 19.3 Å². The van der Waals surface area contributed by atoms with Gasteiger partial charge in [-0.1, -0.05) is 18.5 Å². The molecule has 3 heterocycles. The van der Waals surface area contributed by atoms with E-state index in [-0.39, 0.29) is 41.2 Å². The second-order valence-corrected chi connectivity index (χ2v) is 7.21. The summed E-state index contributed by atoms with van der Waals surface area (Å²) in [6.07, 6.45) is 2.89. The molecule has 152 valence electrons. The van der Waals surface area contributed by atoms with Crippen molar-refractivity contribution in [2.75, 3.05) is 6.54 Å². The first kappa shape index (κ1) is 20.7. The molecule has 1 N–H and O–H groups in total. The van der Waals surface area contributed by atoms with E-state index < -0.39 is 17.3 Å². The molecule has 7 nitrogen and oxygen atoms in total. The van der Waals surface area contributed by atoms with Gasteiger partial charge in [0.05, 0.1) is 0 Å². The Morgan fingerprint density at radius 3 is 2.79 bits per heavy atom. The highest BCUT2D eigenvalue weighted by atomic mass is 35.5. The fraction of sp³-hybridized carbons (Fsp3) is 0.300. The summed E-state index contributed by atoms with van der Waals surface area (Å²) in [6, 6.07) is 2.89. The highest BCUT2D eigenvalue weighted by Crippen LogP contribution is 2.27. The van der Waals surface area contributed by atoms with E-state index >= 15 is 0 Å². The van der Waals surface area contributed by atoms with Crippen molar-refractivity contribution in [2.45, 2.75) is 27.4 Å². The third-order valence-corrected chi connectivity index (χ3v) is 4.87. The molecule has 0 unspecified atom stereocenters. The van der Waals surface area contributed by atoms with Gasteiger partial charge in [0.1, 0.15) is 34.6 Å². The predicted molar refractivity (Wildman–Crippen MR) is 107 cm³/mol. The lowest BCUT2D eigenvalue weighted by Crippen LogP contribution is -2.29. The van der Waals surface area contributed by atoms with E-state index in [2.05, 4.69) is 9.98 Å². The Balaban J connectivity index is 1.95. The summed E-state index contributed by atoms with van der Waals surface area (Å²) in [7, 11) is 0. The number of rotatable bonds is 5. The Labute approximate surface area is 171 Å². The van der Waals surface area contributed by atoms with Gasteiger partial charge >= 0.3 is 5.97 Å². The van der Waals surface area contributed by atoms with E-state index in [0.29, 0.717) is 17.0 Å². The van der Waals surface area contributed by atoms with Crippen molar-refractivity contribution in [3.63, 3.8) is 0 Å².